The number of hydrogen-bond acceptors (Lipinski definition) is 3. The van der Waals surface area contributed by atoms with E-state index in [1.807, 2.05) is 37.3 Å². The van der Waals surface area contributed by atoms with Crippen molar-refractivity contribution in [1.82, 2.24) is 5.32 Å². The van der Waals surface area contributed by atoms with Crippen LogP contribution in [0, 0.1) is 12.7 Å². The second kappa shape index (κ2) is 8.38. The molecule has 0 aromatic heterocycles. The average Bonchev–Trinajstić information content (AvgIpc) is 2.72. The van der Waals surface area contributed by atoms with E-state index >= 15 is 0 Å². The number of aliphatic imine (C=N–C) groups is 1. The van der Waals surface area contributed by atoms with Gasteiger partial charge in [0.25, 0.3) is 0 Å². The summed E-state index contributed by atoms with van der Waals surface area (Å²) in [5, 5.41) is 13.9. The number of phenolic OH excluding ortho intramolecular Hbond substituents is 1. The van der Waals surface area contributed by atoms with Crippen molar-refractivity contribution < 1.29 is 9.50 Å². The van der Waals surface area contributed by atoms with Gasteiger partial charge < -0.3 is 5.11 Å². The SMILES string of the molecule is Cc1ccc(C2=N[C@@H](c3cc(Br)ccc3F)N[C@@H](c3cc(Br)ccc3O)C2)cc1. The Kier molecular flexibility index (Phi) is 5.86. The van der Waals surface area contributed by atoms with E-state index in [-0.39, 0.29) is 17.6 Å². The zero-order valence-corrected chi connectivity index (χ0v) is 18.8. The lowest BCUT2D eigenvalue weighted by atomic mass is 9.93. The Balaban J connectivity index is 1.80. The lowest BCUT2D eigenvalue weighted by Crippen LogP contribution is -2.33. The Morgan fingerprint density at radius 2 is 1.62 bits per heavy atom. The van der Waals surface area contributed by atoms with Gasteiger partial charge in [-0.3, -0.25) is 10.3 Å². The van der Waals surface area contributed by atoms with Crippen LogP contribution in [0.3, 0.4) is 0 Å². The third-order valence-electron chi connectivity index (χ3n) is 5.04. The minimum Gasteiger partial charge on any atom is -0.508 e. The van der Waals surface area contributed by atoms with Gasteiger partial charge in [0.15, 0.2) is 0 Å². The Labute approximate surface area is 186 Å². The van der Waals surface area contributed by atoms with Gasteiger partial charge in [-0.2, -0.15) is 0 Å². The first-order chi connectivity index (χ1) is 13.9. The van der Waals surface area contributed by atoms with Crippen molar-refractivity contribution in [3.63, 3.8) is 0 Å². The summed E-state index contributed by atoms with van der Waals surface area (Å²) >= 11 is 6.90. The van der Waals surface area contributed by atoms with Crippen molar-refractivity contribution in [2.45, 2.75) is 25.6 Å². The lowest BCUT2D eigenvalue weighted by Gasteiger charge is -2.31. The number of phenols is 1. The molecule has 3 nitrogen and oxygen atoms in total. The fourth-order valence-corrected chi connectivity index (χ4v) is 4.27. The molecule has 1 aliphatic heterocycles. The summed E-state index contributed by atoms with van der Waals surface area (Å²) in [7, 11) is 0. The smallest absolute Gasteiger partial charge is 0.129 e. The van der Waals surface area contributed by atoms with E-state index in [1.165, 1.54) is 11.6 Å². The fourth-order valence-electron chi connectivity index (χ4n) is 3.51. The molecule has 0 bridgehead atoms. The minimum atomic E-state index is -0.569. The molecule has 4 rings (SSSR count). The molecule has 29 heavy (non-hydrogen) atoms. The van der Waals surface area contributed by atoms with Crippen LogP contribution in [-0.4, -0.2) is 10.8 Å². The summed E-state index contributed by atoms with van der Waals surface area (Å²) < 4.78 is 16.3. The van der Waals surface area contributed by atoms with Crippen molar-refractivity contribution in [2.75, 3.05) is 0 Å². The van der Waals surface area contributed by atoms with E-state index in [0.717, 1.165) is 25.8 Å². The molecule has 0 unspecified atom stereocenters. The maximum Gasteiger partial charge on any atom is 0.129 e. The Morgan fingerprint density at radius 1 is 0.966 bits per heavy atom. The van der Waals surface area contributed by atoms with E-state index in [0.29, 0.717) is 12.0 Å². The molecule has 148 valence electrons. The van der Waals surface area contributed by atoms with Gasteiger partial charge in [-0.1, -0.05) is 61.7 Å². The molecule has 0 radical (unpaired) electrons. The van der Waals surface area contributed by atoms with Crippen LogP contribution in [0.4, 0.5) is 4.39 Å². The topological polar surface area (TPSA) is 44.6 Å². The summed E-state index contributed by atoms with van der Waals surface area (Å²) in [6, 6.07) is 18.1. The van der Waals surface area contributed by atoms with Gasteiger partial charge in [0.1, 0.15) is 17.7 Å². The third kappa shape index (κ3) is 4.44. The standard InChI is InChI=1S/C23H19Br2FN2O/c1-13-2-4-14(5-3-13)20-12-21(18-11-16(25)7-9-22(18)29)28-23(27-20)17-10-15(24)6-8-19(17)26/h2-11,21,23,28-29H,12H2,1H3/t21-,23-/m1/s1. The van der Waals surface area contributed by atoms with E-state index < -0.39 is 6.17 Å². The molecule has 1 aliphatic rings. The first-order valence-corrected chi connectivity index (χ1v) is 10.8. The number of rotatable bonds is 3. The first kappa shape index (κ1) is 20.3. The van der Waals surface area contributed by atoms with Crippen LogP contribution in [0.2, 0.25) is 0 Å². The number of benzene rings is 3. The number of nitrogens with zero attached hydrogens (tertiary/aromatic N) is 1. The highest BCUT2D eigenvalue weighted by Gasteiger charge is 2.29. The second-order valence-corrected chi connectivity index (χ2v) is 8.97. The van der Waals surface area contributed by atoms with Crippen LogP contribution in [-0.2, 0) is 0 Å². The van der Waals surface area contributed by atoms with E-state index in [2.05, 4.69) is 37.2 Å². The van der Waals surface area contributed by atoms with Gasteiger partial charge in [-0.15, -0.1) is 0 Å². The van der Waals surface area contributed by atoms with E-state index in [9.17, 15) is 9.50 Å². The minimum absolute atomic E-state index is 0.198. The molecule has 0 amide bonds. The van der Waals surface area contributed by atoms with Crippen LogP contribution in [0.25, 0.3) is 0 Å². The molecule has 0 saturated carbocycles. The van der Waals surface area contributed by atoms with Crippen LogP contribution < -0.4 is 5.32 Å². The third-order valence-corrected chi connectivity index (χ3v) is 6.03. The quantitative estimate of drug-likeness (QED) is 0.411. The van der Waals surface area contributed by atoms with Crippen LogP contribution >= 0.6 is 31.9 Å². The van der Waals surface area contributed by atoms with Crippen LogP contribution in [0.1, 0.15) is 40.9 Å². The summed E-state index contributed by atoms with van der Waals surface area (Å²) in [5.74, 6) is -0.124. The summed E-state index contributed by atoms with van der Waals surface area (Å²) in [4.78, 5) is 4.83. The van der Waals surface area contributed by atoms with Crippen molar-refractivity contribution in [2.24, 2.45) is 4.99 Å². The highest BCUT2D eigenvalue weighted by molar-refractivity contribution is 9.10. The van der Waals surface area contributed by atoms with Gasteiger partial charge in [-0.25, -0.2) is 4.39 Å². The molecule has 1 heterocycles. The van der Waals surface area contributed by atoms with Crippen molar-refractivity contribution in [3.05, 3.63) is 97.7 Å². The molecule has 2 N–H and O–H groups in total. The fraction of sp³-hybridized carbons (Fsp3) is 0.174. The molecule has 0 saturated heterocycles. The second-order valence-electron chi connectivity index (χ2n) is 7.14. The average molecular weight is 518 g/mol. The van der Waals surface area contributed by atoms with Crippen LogP contribution in [0.15, 0.2) is 74.6 Å². The van der Waals surface area contributed by atoms with Gasteiger partial charge in [0.05, 0.1) is 0 Å². The van der Waals surface area contributed by atoms with Gasteiger partial charge in [0, 0.05) is 38.2 Å². The molecular formula is C23H19Br2FN2O. The highest BCUT2D eigenvalue weighted by atomic mass is 79.9. The van der Waals surface area contributed by atoms with Gasteiger partial charge in [0.2, 0.25) is 0 Å². The monoisotopic (exact) mass is 516 g/mol. The Hall–Kier alpha value is -2.02. The Morgan fingerprint density at radius 3 is 2.34 bits per heavy atom. The zero-order valence-electron chi connectivity index (χ0n) is 15.7. The number of aromatic hydroxyl groups is 1. The summed E-state index contributed by atoms with van der Waals surface area (Å²) in [6.07, 6.45) is 0.0140. The summed E-state index contributed by atoms with van der Waals surface area (Å²) in [6.45, 7) is 2.04. The molecule has 3 aromatic carbocycles. The molecule has 0 spiro atoms. The number of aryl methyl sites for hydroxylation is 1. The Bertz CT molecular complexity index is 1080. The van der Waals surface area contributed by atoms with Crippen molar-refractivity contribution >= 4 is 37.6 Å². The number of halogens is 3. The molecule has 3 aromatic rings. The van der Waals surface area contributed by atoms with Crippen molar-refractivity contribution in [3.8, 4) is 5.75 Å². The number of nitrogens with one attached hydrogen (secondary N) is 1. The summed E-state index contributed by atoms with van der Waals surface area (Å²) in [5.41, 5.74) is 4.25. The molecule has 0 aliphatic carbocycles. The first-order valence-electron chi connectivity index (χ1n) is 9.24. The molecular weight excluding hydrogens is 499 g/mol. The van der Waals surface area contributed by atoms with Crippen LogP contribution in [0.5, 0.6) is 5.75 Å². The lowest BCUT2D eigenvalue weighted by molar-refractivity contribution is 0.405. The maximum absolute atomic E-state index is 14.6. The van der Waals surface area contributed by atoms with E-state index in [1.54, 1.807) is 24.3 Å². The predicted molar refractivity (Wildman–Crippen MR) is 121 cm³/mol. The van der Waals surface area contributed by atoms with Gasteiger partial charge >= 0.3 is 0 Å². The molecule has 2 atom stereocenters. The van der Waals surface area contributed by atoms with E-state index in [4.69, 9.17) is 4.99 Å². The van der Waals surface area contributed by atoms with Crippen molar-refractivity contribution in [1.29, 1.82) is 0 Å². The molecule has 6 heteroatoms. The molecule has 0 fully saturated rings. The van der Waals surface area contributed by atoms with Gasteiger partial charge in [-0.05, 0) is 48.9 Å². The number of hydrogen-bond donors (Lipinski definition) is 2. The predicted octanol–water partition coefficient (Wildman–Crippen LogP) is 6.59. The normalized spacial score (nSPS) is 19.1. The highest BCUT2D eigenvalue weighted by Crippen LogP contribution is 2.36. The maximum atomic E-state index is 14.6. The largest absolute Gasteiger partial charge is 0.508 e. The zero-order chi connectivity index (χ0) is 20.5.